The van der Waals surface area contributed by atoms with Gasteiger partial charge in [0.05, 0.1) is 5.92 Å². The molecule has 0 spiro atoms. The smallest absolute Gasteiger partial charge is 0.228 e. The zero-order valence-electron chi connectivity index (χ0n) is 10.7. The van der Waals surface area contributed by atoms with Gasteiger partial charge in [0.1, 0.15) is 5.52 Å². The molecule has 0 aliphatic rings. The van der Waals surface area contributed by atoms with Gasteiger partial charge in [-0.3, -0.25) is 4.79 Å². The Balaban J connectivity index is 2.19. The molecule has 0 aliphatic heterocycles. The van der Waals surface area contributed by atoms with Gasteiger partial charge >= 0.3 is 0 Å². The van der Waals surface area contributed by atoms with Crippen LogP contribution in [0.3, 0.4) is 0 Å². The fraction of sp³-hybridized carbons (Fsp3) is 0.385. The SMILES string of the molecule is Cc1nc2cc(NC(=O)C(C)C(C)N)ccc2o1. The van der Waals surface area contributed by atoms with Gasteiger partial charge in [0.2, 0.25) is 5.91 Å². The standard InChI is InChI=1S/C13H17N3O2/c1-7(8(2)14)13(17)16-10-4-5-12-11(6-10)15-9(3)18-12/h4-8H,14H2,1-3H3,(H,16,17). The van der Waals surface area contributed by atoms with Crippen LogP contribution in [0.15, 0.2) is 22.6 Å². The van der Waals surface area contributed by atoms with E-state index in [2.05, 4.69) is 10.3 Å². The molecule has 3 N–H and O–H groups in total. The highest BCUT2D eigenvalue weighted by Crippen LogP contribution is 2.20. The van der Waals surface area contributed by atoms with Crippen molar-refractivity contribution in [2.75, 3.05) is 5.32 Å². The highest BCUT2D eigenvalue weighted by molar-refractivity contribution is 5.94. The van der Waals surface area contributed by atoms with Crippen molar-refractivity contribution in [3.63, 3.8) is 0 Å². The minimum Gasteiger partial charge on any atom is -0.441 e. The second-order valence-electron chi connectivity index (χ2n) is 4.55. The molecular weight excluding hydrogens is 230 g/mol. The molecule has 2 atom stereocenters. The third-order valence-electron chi connectivity index (χ3n) is 2.96. The molecule has 0 saturated carbocycles. The number of nitrogens with two attached hydrogens (primary N) is 1. The van der Waals surface area contributed by atoms with Crippen LogP contribution in [0.1, 0.15) is 19.7 Å². The number of carbonyl (C=O) groups is 1. The summed E-state index contributed by atoms with van der Waals surface area (Å²) < 4.78 is 5.37. The molecule has 96 valence electrons. The molecule has 0 radical (unpaired) electrons. The summed E-state index contributed by atoms with van der Waals surface area (Å²) in [5.74, 6) is 0.279. The predicted molar refractivity (Wildman–Crippen MR) is 70.2 cm³/mol. The summed E-state index contributed by atoms with van der Waals surface area (Å²) in [4.78, 5) is 16.1. The molecule has 2 unspecified atom stereocenters. The Labute approximate surface area is 105 Å². The first-order chi connectivity index (χ1) is 8.47. The Bertz CT molecular complexity index is 575. The van der Waals surface area contributed by atoms with Crippen LogP contribution < -0.4 is 11.1 Å². The van der Waals surface area contributed by atoms with Crippen LogP contribution in [-0.4, -0.2) is 16.9 Å². The maximum atomic E-state index is 11.9. The third-order valence-corrected chi connectivity index (χ3v) is 2.96. The number of aromatic nitrogens is 1. The monoisotopic (exact) mass is 247 g/mol. The van der Waals surface area contributed by atoms with Gasteiger partial charge in [-0.1, -0.05) is 6.92 Å². The molecule has 5 nitrogen and oxygen atoms in total. The molecule has 1 aromatic carbocycles. The van der Waals surface area contributed by atoms with Crippen LogP contribution in [0, 0.1) is 12.8 Å². The van der Waals surface area contributed by atoms with E-state index in [-0.39, 0.29) is 17.9 Å². The lowest BCUT2D eigenvalue weighted by Gasteiger charge is -2.15. The average molecular weight is 247 g/mol. The van der Waals surface area contributed by atoms with Crippen LogP contribution >= 0.6 is 0 Å². The van der Waals surface area contributed by atoms with Crippen LogP contribution in [-0.2, 0) is 4.79 Å². The Kier molecular flexibility index (Phi) is 3.34. The van der Waals surface area contributed by atoms with E-state index in [1.807, 2.05) is 6.92 Å². The van der Waals surface area contributed by atoms with Crippen molar-refractivity contribution in [1.82, 2.24) is 4.98 Å². The molecule has 0 bridgehead atoms. The average Bonchev–Trinajstić information content (AvgIpc) is 2.67. The van der Waals surface area contributed by atoms with E-state index in [1.54, 1.807) is 32.0 Å². The lowest BCUT2D eigenvalue weighted by molar-refractivity contribution is -0.119. The molecule has 1 aromatic heterocycles. The first kappa shape index (κ1) is 12.6. The summed E-state index contributed by atoms with van der Waals surface area (Å²) >= 11 is 0. The summed E-state index contributed by atoms with van der Waals surface area (Å²) in [6, 6.07) is 5.20. The second kappa shape index (κ2) is 4.78. The highest BCUT2D eigenvalue weighted by atomic mass is 16.3. The van der Waals surface area contributed by atoms with Crippen molar-refractivity contribution in [2.24, 2.45) is 11.7 Å². The number of nitrogens with one attached hydrogen (secondary N) is 1. The topological polar surface area (TPSA) is 81.2 Å². The number of anilines is 1. The van der Waals surface area contributed by atoms with Crippen molar-refractivity contribution in [2.45, 2.75) is 26.8 Å². The number of benzene rings is 1. The molecular formula is C13H17N3O2. The van der Waals surface area contributed by atoms with Gasteiger partial charge in [-0.05, 0) is 25.1 Å². The number of fused-ring (bicyclic) bond motifs is 1. The van der Waals surface area contributed by atoms with E-state index in [1.165, 1.54) is 0 Å². The Morgan fingerprint density at radius 2 is 2.17 bits per heavy atom. The van der Waals surface area contributed by atoms with Gasteiger partial charge in [-0.25, -0.2) is 4.98 Å². The molecule has 18 heavy (non-hydrogen) atoms. The summed E-state index contributed by atoms with van der Waals surface area (Å²) in [7, 11) is 0. The maximum Gasteiger partial charge on any atom is 0.228 e. The Hall–Kier alpha value is -1.88. The highest BCUT2D eigenvalue weighted by Gasteiger charge is 2.17. The minimum absolute atomic E-state index is 0.0930. The molecule has 0 saturated heterocycles. The Morgan fingerprint density at radius 3 is 2.83 bits per heavy atom. The van der Waals surface area contributed by atoms with Gasteiger partial charge in [0, 0.05) is 18.7 Å². The van der Waals surface area contributed by atoms with E-state index >= 15 is 0 Å². The third kappa shape index (κ3) is 2.51. The van der Waals surface area contributed by atoms with Gasteiger partial charge in [0.25, 0.3) is 0 Å². The van der Waals surface area contributed by atoms with Crippen molar-refractivity contribution >= 4 is 22.7 Å². The molecule has 1 amide bonds. The molecule has 1 heterocycles. The van der Waals surface area contributed by atoms with Gasteiger partial charge in [-0.15, -0.1) is 0 Å². The first-order valence-electron chi connectivity index (χ1n) is 5.91. The minimum atomic E-state index is -0.236. The van der Waals surface area contributed by atoms with Crippen molar-refractivity contribution < 1.29 is 9.21 Å². The van der Waals surface area contributed by atoms with Crippen LogP contribution in [0.2, 0.25) is 0 Å². The van der Waals surface area contributed by atoms with Crippen molar-refractivity contribution in [3.8, 4) is 0 Å². The van der Waals surface area contributed by atoms with Crippen LogP contribution in [0.5, 0.6) is 0 Å². The van der Waals surface area contributed by atoms with Crippen LogP contribution in [0.25, 0.3) is 11.1 Å². The first-order valence-corrected chi connectivity index (χ1v) is 5.91. The maximum absolute atomic E-state index is 11.9. The number of nitrogens with zero attached hydrogens (tertiary/aromatic N) is 1. The largest absolute Gasteiger partial charge is 0.441 e. The predicted octanol–water partition coefficient (Wildman–Crippen LogP) is 2.06. The van der Waals surface area contributed by atoms with E-state index in [9.17, 15) is 4.79 Å². The van der Waals surface area contributed by atoms with Gasteiger partial charge in [-0.2, -0.15) is 0 Å². The number of rotatable bonds is 3. The molecule has 0 aliphatic carbocycles. The fourth-order valence-corrected chi connectivity index (χ4v) is 1.62. The summed E-state index contributed by atoms with van der Waals surface area (Å²) in [6.07, 6.45) is 0. The zero-order chi connectivity index (χ0) is 13.3. The van der Waals surface area contributed by atoms with Crippen molar-refractivity contribution in [3.05, 3.63) is 24.1 Å². The van der Waals surface area contributed by atoms with Gasteiger partial charge in [0.15, 0.2) is 11.5 Å². The number of hydrogen-bond acceptors (Lipinski definition) is 4. The van der Waals surface area contributed by atoms with E-state index in [0.717, 1.165) is 5.52 Å². The van der Waals surface area contributed by atoms with E-state index in [4.69, 9.17) is 10.2 Å². The Morgan fingerprint density at radius 1 is 1.44 bits per heavy atom. The lowest BCUT2D eigenvalue weighted by atomic mass is 10.0. The zero-order valence-corrected chi connectivity index (χ0v) is 10.7. The van der Waals surface area contributed by atoms with E-state index in [0.29, 0.717) is 17.2 Å². The normalized spacial score (nSPS) is 14.4. The lowest BCUT2D eigenvalue weighted by Crippen LogP contribution is -2.34. The fourth-order valence-electron chi connectivity index (χ4n) is 1.62. The van der Waals surface area contributed by atoms with E-state index < -0.39 is 0 Å². The summed E-state index contributed by atoms with van der Waals surface area (Å²) in [5, 5.41) is 2.82. The summed E-state index contributed by atoms with van der Waals surface area (Å²) in [6.45, 7) is 5.41. The second-order valence-corrected chi connectivity index (χ2v) is 4.55. The summed E-state index contributed by atoms with van der Waals surface area (Å²) in [5.41, 5.74) is 7.85. The number of hydrogen-bond donors (Lipinski definition) is 2. The van der Waals surface area contributed by atoms with Crippen LogP contribution in [0.4, 0.5) is 5.69 Å². The number of carbonyl (C=O) groups excluding carboxylic acids is 1. The number of oxazole rings is 1. The number of amides is 1. The quantitative estimate of drug-likeness (QED) is 0.869. The molecule has 2 rings (SSSR count). The molecule has 2 aromatic rings. The molecule has 5 heteroatoms. The number of aryl methyl sites for hydroxylation is 1. The van der Waals surface area contributed by atoms with Crippen molar-refractivity contribution in [1.29, 1.82) is 0 Å². The van der Waals surface area contributed by atoms with Gasteiger partial charge < -0.3 is 15.5 Å². The molecule has 0 fully saturated rings.